The summed E-state index contributed by atoms with van der Waals surface area (Å²) in [6, 6.07) is 3.73. The molecule has 0 radical (unpaired) electrons. The first-order valence-electron chi connectivity index (χ1n) is 7.54. The summed E-state index contributed by atoms with van der Waals surface area (Å²) in [5.74, 6) is 2.51. The molecule has 2 saturated carbocycles. The second-order valence-electron chi connectivity index (χ2n) is 5.92. The van der Waals surface area contributed by atoms with Crippen molar-refractivity contribution in [3.63, 3.8) is 0 Å². The third-order valence-electron chi connectivity index (χ3n) is 4.88. The lowest BCUT2D eigenvalue weighted by Gasteiger charge is -2.28. The zero-order valence-electron chi connectivity index (χ0n) is 12.2. The van der Waals surface area contributed by atoms with Crippen LogP contribution in [0.1, 0.15) is 32.6 Å². The van der Waals surface area contributed by atoms with Crippen molar-refractivity contribution in [1.82, 2.24) is 4.98 Å². The molecule has 1 aromatic rings. The Morgan fingerprint density at radius 3 is 2.75 bits per heavy atom. The van der Waals surface area contributed by atoms with Crippen molar-refractivity contribution in [2.75, 3.05) is 18.6 Å². The summed E-state index contributed by atoms with van der Waals surface area (Å²) in [6.07, 6.45) is 6.63. The maximum absolute atomic E-state index is 12.8. The standard InChI is InChI=1S/C16H22N2O2/c1-3-18(13-6-7-15(20-2)17-10-13)16(19)14-9-11-4-5-12(14)8-11/h6-7,10-12,14H,3-5,8-9H2,1-2H3. The van der Waals surface area contributed by atoms with Gasteiger partial charge in [-0.25, -0.2) is 4.98 Å². The summed E-state index contributed by atoms with van der Waals surface area (Å²) >= 11 is 0. The van der Waals surface area contributed by atoms with Gasteiger partial charge in [-0.3, -0.25) is 4.79 Å². The van der Waals surface area contributed by atoms with Crippen LogP contribution in [0, 0.1) is 17.8 Å². The van der Waals surface area contributed by atoms with Gasteiger partial charge in [0.15, 0.2) is 0 Å². The number of carbonyl (C=O) groups excluding carboxylic acids is 1. The number of fused-ring (bicyclic) bond motifs is 2. The Balaban J connectivity index is 1.76. The third kappa shape index (κ3) is 2.28. The zero-order valence-corrected chi connectivity index (χ0v) is 12.2. The van der Waals surface area contributed by atoms with E-state index in [1.54, 1.807) is 13.3 Å². The van der Waals surface area contributed by atoms with Crippen LogP contribution in [0.25, 0.3) is 0 Å². The molecule has 108 valence electrons. The van der Waals surface area contributed by atoms with Crippen LogP contribution in [0.3, 0.4) is 0 Å². The highest BCUT2D eigenvalue weighted by Crippen LogP contribution is 2.49. The van der Waals surface area contributed by atoms with E-state index in [1.165, 1.54) is 19.3 Å². The number of rotatable bonds is 4. The van der Waals surface area contributed by atoms with Gasteiger partial charge in [0.1, 0.15) is 0 Å². The van der Waals surface area contributed by atoms with E-state index < -0.39 is 0 Å². The van der Waals surface area contributed by atoms with Gasteiger partial charge >= 0.3 is 0 Å². The number of pyridine rings is 1. The summed E-state index contributed by atoms with van der Waals surface area (Å²) in [6.45, 7) is 2.72. The van der Waals surface area contributed by atoms with Gasteiger partial charge in [-0.05, 0) is 44.1 Å². The lowest BCUT2D eigenvalue weighted by molar-refractivity contribution is -0.123. The molecular weight excluding hydrogens is 252 g/mol. The van der Waals surface area contributed by atoms with Gasteiger partial charge in [-0.15, -0.1) is 0 Å². The molecule has 2 bridgehead atoms. The summed E-state index contributed by atoms with van der Waals surface area (Å²) in [5, 5.41) is 0. The number of amides is 1. The summed E-state index contributed by atoms with van der Waals surface area (Å²) in [7, 11) is 1.60. The van der Waals surface area contributed by atoms with E-state index in [4.69, 9.17) is 4.74 Å². The molecule has 3 rings (SSSR count). The number of aromatic nitrogens is 1. The summed E-state index contributed by atoms with van der Waals surface area (Å²) in [4.78, 5) is 18.9. The second-order valence-corrected chi connectivity index (χ2v) is 5.92. The van der Waals surface area contributed by atoms with E-state index in [0.717, 1.165) is 18.0 Å². The van der Waals surface area contributed by atoms with E-state index in [0.29, 0.717) is 18.3 Å². The van der Waals surface area contributed by atoms with E-state index in [9.17, 15) is 4.79 Å². The first kappa shape index (κ1) is 13.4. The van der Waals surface area contributed by atoms with E-state index in [-0.39, 0.29) is 11.8 Å². The predicted molar refractivity (Wildman–Crippen MR) is 77.8 cm³/mol. The molecular formula is C16H22N2O2. The molecule has 0 aromatic carbocycles. The minimum absolute atomic E-state index is 0.232. The molecule has 2 fully saturated rings. The summed E-state index contributed by atoms with van der Waals surface area (Å²) in [5.41, 5.74) is 0.876. The average molecular weight is 274 g/mol. The van der Waals surface area contributed by atoms with Crippen LogP contribution in [0.5, 0.6) is 5.88 Å². The maximum atomic E-state index is 12.8. The van der Waals surface area contributed by atoms with Crippen molar-refractivity contribution >= 4 is 11.6 Å². The Hall–Kier alpha value is -1.58. The topological polar surface area (TPSA) is 42.4 Å². The molecule has 0 aliphatic heterocycles. The fourth-order valence-electron chi connectivity index (χ4n) is 3.87. The molecule has 0 spiro atoms. The highest BCUT2D eigenvalue weighted by Gasteiger charge is 2.44. The van der Waals surface area contributed by atoms with E-state index >= 15 is 0 Å². The molecule has 4 heteroatoms. The highest BCUT2D eigenvalue weighted by atomic mass is 16.5. The Morgan fingerprint density at radius 1 is 1.40 bits per heavy atom. The van der Waals surface area contributed by atoms with Crippen LogP contribution >= 0.6 is 0 Å². The fourth-order valence-corrected chi connectivity index (χ4v) is 3.87. The van der Waals surface area contributed by atoms with Crippen molar-refractivity contribution in [1.29, 1.82) is 0 Å². The number of ether oxygens (including phenoxy) is 1. The van der Waals surface area contributed by atoms with Crippen molar-refractivity contribution in [3.05, 3.63) is 18.3 Å². The molecule has 1 aromatic heterocycles. The Bertz CT molecular complexity index is 486. The summed E-state index contributed by atoms with van der Waals surface area (Å²) < 4.78 is 5.07. The minimum Gasteiger partial charge on any atom is -0.481 e. The molecule has 2 aliphatic rings. The van der Waals surface area contributed by atoms with Crippen LogP contribution in [0.15, 0.2) is 18.3 Å². The van der Waals surface area contributed by atoms with E-state index in [1.807, 2.05) is 24.0 Å². The number of anilines is 1. The Kier molecular flexibility index (Phi) is 3.64. The van der Waals surface area contributed by atoms with Gasteiger partial charge in [0.25, 0.3) is 0 Å². The number of hydrogen-bond acceptors (Lipinski definition) is 3. The van der Waals surface area contributed by atoms with Gasteiger partial charge < -0.3 is 9.64 Å². The van der Waals surface area contributed by atoms with Crippen molar-refractivity contribution in [2.24, 2.45) is 17.8 Å². The number of nitrogens with zero attached hydrogens (tertiary/aromatic N) is 2. The minimum atomic E-state index is 0.232. The number of methoxy groups -OCH3 is 1. The first-order valence-corrected chi connectivity index (χ1v) is 7.54. The molecule has 20 heavy (non-hydrogen) atoms. The maximum Gasteiger partial charge on any atom is 0.230 e. The molecule has 0 N–H and O–H groups in total. The Labute approximate surface area is 120 Å². The fraction of sp³-hybridized carbons (Fsp3) is 0.625. The van der Waals surface area contributed by atoms with Gasteiger partial charge in [-0.2, -0.15) is 0 Å². The molecule has 1 heterocycles. The van der Waals surface area contributed by atoms with Crippen molar-refractivity contribution in [2.45, 2.75) is 32.6 Å². The zero-order chi connectivity index (χ0) is 14.1. The lowest BCUT2D eigenvalue weighted by Crippen LogP contribution is -2.38. The molecule has 3 atom stereocenters. The average Bonchev–Trinajstić information content (AvgIpc) is 3.11. The van der Waals surface area contributed by atoms with Gasteiger partial charge in [0.05, 0.1) is 19.0 Å². The SMILES string of the molecule is CCN(C(=O)C1CC2CCC1C2)c1ccc(OC)nc1. The van der Waals surface area contributed by atoms with E-state index in [2.05, 4.69) is 4.98 Å². The predicted octanol–water partition coefficient (Wildman–Crippen LogP) is 2.88. The lowest BCUT2D eigenvalue weighted by atomic mass is 9.87. The van der Waals surface area contributed by atoms with Crippen LogP contribution in [0.2, 0.25) is 0 Å². The van der Waals surface area contributed by atoms with Gasteiger partial charge in [-0.1, -0.05) is 6.42 Å². The molecule has 1 amide bonds. The molecule has 2 aliphatic carbocycles. The molecule has 3 unspecified atom stereocenters. The first-order chi connectivity index (χ1) is 9.72. The highest BCUT2D eigenvalue weighted by molar-refractivity contribution is 5.95. The smallest absolute Gasteiger partial charge is 0.230 e. The van der Waals surface area contributed by atoms with Crippen LogP contribution in [-0.2, 0) is 4.79 Å². The normalized spacial score (nSPS) is 27.6. The van der Waals surface area contributed by atoms with Crippen LogP contribution < -0.4 is 9.64 Å². The number of carbonyl (C=O) groups is 1. The quantitative estimate of drug-likeness (QED) is 0.848. The number of hydrogen-bond donors (Lipinski definition) is 0. The van der Waals surface area contributed by atoms with Crippen molar-refractivity contribution in [3.8, 4) is 5.88 Å². The Morgan fingerprint density at radius 2 is 2.25 bits per heavy atom. The second kappa shape index (κ2) is 5.43. The molecule has 4 nitrogen and oxygen atoms in total. The van der Waals surface area contributed by atoms with Crippen molar-refractivity contribution < 1.29 is 9.53 Å². The largest absolute Gasteiger partial charge is 0.481 e. The van der Waals surface area contributed by atoms with Gasteiger partial charge in [0, 0.05) is 18.5 Å². The monoisotopic (exact) mass is 274 g/mol. The molecule has 0 saturated heterocycles. The third-order valence-corrected chi connectivity index (χ3v) is 4.88. The van der Waals surface area contributed by atoms with Crippen LogP contribution in [-0.4, -0.2) is 24.5 Å². The van der Waals surface area contributed by atoms with Crippen LogP contribution in [0.4, 0.5) is 5.69 Å². The van der Waals surface area contributed by atoms with Gasteiger partial charge in [0.2, 0.25) is 11.8 Å².